The van der Waals surface area contributed by atoms with Gasteiger partial charge in [-0.05, 0) is 60.9 Å². The van der Waals surface area contributed by atoms with Gasteiger partial charge in [0.25, 0.3) is 0 Å². The topological polar surface area (TPSA) is 43.1 Å². The first kappa shape index (κ1) is 14.8. The van der Waals surface area contributed by atoms with E-state index in [-0.39, 0.29) is 17.6 Å². The Morgan fingerprint density at radius 2 is 1.95 bits per heavy atom. The van der Waals surface area contributed by atoms with Crippen LogP contribution in [-0.4, -0.2) is 5.78 Å². The zero-order chi connectivity index (χ0) is 14.9. The SMILES string of the molecule is C/C1=C/C(=O)C(C(C)C)C(C)c2cc(N)ccc2CC1. The number of nitrogens with two attached hydrogens (primary N) is 1. The van der Waals surface area contributed by atoms with E-state index in [1.165, 1.54) is 16.7 Å². The highest BCUT2D eigenvalue weighted by Crippen LogP contribution is 2.36. The molecule has 108 valence electrons. The Hall–Kier alpha value is -1.57. The van der Waals surface area contributed by atoms with Crippen molar-refractivity contribution in [1.29, 1.82) is 0 Å². The fourth-order valence-electron chi connectivity index (χ4n) is 3.35. The van der Waals surface area contributed by atoms with Crippen LogP contribution in [0.1, 0.15) is 51.2 Å². The summed E-state index contributed by atoms with van der Waals surface area (Å²) in [4.78, 5) is 12.6. The van der Waals surface area contributed by atoms with Gasteiger partial charge >= 0.3 is 0 Å². The third-order valence-corrected chi connectivity index (χ3v) is 4.42. The van der Waals surface area contributed by atoms with Gasteiger partial charge in [-0.15, -0.1) is 0 Å². The van der Waals surface area contributed by atoms with Crippen LogP contribution in [0.5, 0.6) is 0 Å². The van der Waals surface area contributed by atoms with Crippen LogP contribution in [0.15, 0.2) is 29.8 Å². The highest BCUT2D eigenvalue weighted by atomic mass is 16.1. The second-order valence-corrected chi connectivity index (χ2v) is 6.41. The van der Waals surface area contributed by atoms with Crippen molar-refractivity contribution in [3.8, 4) is 0 Å². The van der Waals surface area contributed by atoms with E-state index in [0.717, 1.165) is 18.5 Å². The number of allylic oxidation sites excluding steroid dienone is 2. The Balaban J connectivity index is 2.54. The highest BCUT2D eigenvalue weighted by Gasteiger charge is 2.30. The van der Waals surface area contributed by atoms with E-state index in [0.29, 0.717) is 5.92 Å². The van der Waals surface area contributed by atoms with Crippen LogP contribution in [-0.2, 0) is 11.2 Å². The number of carbonyl (C=O) groups excluding carboxylic acids is 1. The summed E-state index contributed by atoms with van der Waals surface area (Å²) in [7, 11) is 0. The lowest BCUT2D eigenvalue weighted by Crippen LogP contribution is -2.25. The molecule has 0 bridgehead atoms. The standard InChI is InChI=1S/C18H25NO/c1-11(2)18-13(4)16-10-15(19)8-7-14(16)6-5-12(3)9-17(18)20/h7-11,13,18H,5-6,19H2,1-4H3/b12-9-. The van der Waals surface area contributed by atoms with Gasteiger partial charge in [-0.25, -0.2) is 0 Å². The van der Waals surface area contributed by atoms with Gasteiger partial charge in [0.1, 0.15) is 0 Å². The quantitative estimate of drug-likeness (QED) is 0.781. The minimum atomic E-state index is 0.0311. The second kappa shape index (κ2) is 5.82. The van der Waals surface area contributed by atoms with Gasteiger partial charge in [-0.2, -0.15) is 0 Å². The van der Waals surface area contributed by atoms with E-state index in [4.69, 9.17) is 5.73 Å². The molecular weight excluding hydrogens is 246 g/mol. The molecule has 1 aromatic carbocycles. The maximum absolute atomic E-state index is 12.6. The van der Waals surface area contributed by atoms with Crippen molar-refractivity contribution in [2.75, 3.05) is 5.73 Å². The van der Waals surface area contributed by atoms with Gasteiger partial charge in [0.05, 0.1) is 0 Å². The van der Waals surface area contributed by atoms with Gasteiger partial charge in [-0.1, -0.05) is 32.4 Å². The van der Waals surface area contributed by atoms with Gasteiger partial charge in [-0.3, -0.25) is 4.79 Å². The molecule has 0 aromatic heterocycles. The van der Waals surface area contributed by atoms with E-state index in [1.54, 1.807) is 0 Å². The third kappa shape index (κ3) is 2.95. The number of rotatable bonds is 1. The largest absolute Gasteiger partial charge is 0.399 e. The Kier molecular flexibility index (Phi) is 4.32. The molecule has 1 aromatic rings. The summed E-state index contributed by atoms with van der Waals surface area (Å²) in [6, 6.07) is 6.15. The van der Waals surface area contributed by atoms with Crippen molar-refractivity contribution in [2.24, 2.45) is 11.8 Å². The predicted molar refractivity (Wildman–Crippen MR) is 84.7 cm³/mol. The molecule has 0 radical (unpaired) electrons. The Bertz CT molecular complexity index is 542. The average Bonchev–Trinajstić information content (AvgIpc) is 2.39. The van der Waals surface area contributed by atoms with Crippen molar-refractivity contribution in [1.82, 2.24) is 0 Å². The van der Waals surface area contributed by atoms with Crippen LogP contribution in [0.4, 0.5) is 5.69 Å². The maximum Gasteiger partial charge on any atom is 0.159 e. The molecule has 0 fully saturated rings. The maximum atomic E-state index is 12.6. The third-order valence-electron chi connectivity index (χ3n) is 4.42. The molecule has 0 saturated carbocycles. The number of anilines is 1. The number of aryl methyl sites for hydroxylation is 1. The number of hydrogen-bond acceptors (Lipinski definition) is 2. The summed E-state index contributed by atoms with van der Waals surface area (Å²) < 4.78 is 0. The molecule has 2 nitrogen and oxygen atoms in total. The summed E-state index contributed by atoms with van der Waals surface area (Å²) >= 11 is 0. The van der Waals surface area contributed by atoms with Crippen molar-refractivity contribution in [2.45, 2.75) is 46.5 Å². The van der Waals surface area contributed by atoms with Gasteiger partial charge in [0, 0.05) is 11.6 Å². The lowest BCUT2D eigenvalue weighted by molar-refractivity contribution is -0.120. The van der Waals surface area contributed by atoms with Crippen molar-refractivity contribution in [3.05, 3.63) is 41.0 Å². The van der Waals surface area contributed by atoms with E-state index in [9.17, 15) is 4.79 Å². The summed E-state index contributed by atoms with van der Waals surface area (Å²) in [5, 5.41) is 0. The minimum absolute atomic E-state index is 0.0311. The van der Waals surface area contributed by atoms with Crippen LogP contribution in [0.3, 0.4) is 0 Å². The molecule has 0 saturated heterocycles. The molecule has 0 spiro atoms. The molecule has 20 heavy (non-hydrogen) atoms. The minimum Gasteiger partial charge on any atom is -0.399 e. The average molecular weight is 271 g/mol. The van der Waals surface area contributed by atoms with Crippen LogP contribution < -0.4 is 5.73 Å². The summed E-state index contributed by atoms with van der Waals surface area (Å²) in [5.74, 6) is 0.834. The Morgan fingerprint density at radius 1 is 1.25 bits per heavy atom. The lowest BCUT2D eigenvalue weighted by atomic mass is 9.76. The molecule has 0 amide bonds. The fraction of sp³-hybridized carbons (Fsp3) is 0.500. The smallest absolute Gasteiger partial charge is 0.159 e. The number of nitrogen functional groups attached to an aromatic ring is 1. The van der Waals surface area contributed by atoms with E-state index >= 15 is 0 Å². The van der Waals surface area contributed by atoms with E-state index in [1.807, 2.05) is 12.1 Å². The zero-order valence-corrected chi connectivity index (χ0v) is 12.9. The molecule has 2 heteroatoms. The van der Waals surface area contributed by atoms with Gasteiger partial charge in [0.15, 0.2) is 5.78 Å². The van der Waals surface area contributed by atoms with Crippen molar-refractivity contribution < 1.29 is 4.79 Å². The molecule has 2 rings (SSSR count). The van der Waals surface area contributed by atoms with Gasteiger partial charge in [0.2, 0.25) is 0 Å². The predicted octanol–water partition coefficient (Wildman–Crippen LogP) is 4.11. The van der Waals surface area contributed by atoms with Crippen LogP contribution in [0.25, 0.3) is 0 Å². The summed E-state index contributed by atoms with van der Waals surface area (Å²) in [6.07, 6.45) is 3.79. The molecule has 2 unspecified atom stereocenters. The summed E-state index contributed by atoms with van der Waals surface area (Å²) in [5.41, 5.74) is 10.5. The molecule has 2 atom stereocenters. The molecule has 1 aliphatic rings. The van der Waals surface area contributed by atoms with E-state index in [2.05, 4.69) is 39.8 Å². The molecule has 0 heterocycles. The van der Waals surface area contributed by atoms with Crippen molar-refractivity contribution >= 4 is 11.5 Å². The number of carbonyl (C=O) groups is 1. The van der Waals surface area contributed by atoms with Gasteiger partial charge < -0.3 is 5.73 Å². The van der Waals surface area contributed by atoms with Crippen LogP contribution in [0.2, 0.25) is 0 Å². The number of fused-ring (bicyclic) bond motifs is 1. The molecule has 1 aliphatic carbocycles. The van der Waals surface area contributed by atoms with E-state index < -0.39 is 0 Å². The first-order chi connectivity index (χ1) is 9.40. The van der Waals surface area contributed by atoms with Crippen LogP contribution in [0, 0.1) is 11.8 Å². The lowest BCUT2D eigenvalue weighted by Gasteiger charge is -2.27. The molecular formula is C18H25NO. The first-order valence-corrected chi connectivity index (χ1v) is 7.49. The highest BCUT2D eigenvalue weighted by molar-refractivity contribution is 5.93. The number of ketones is 1. The monoisotopic (exact) mass is 271 g/mol. The first-order valence-electron chi connectivity index (χ1n) is 7.49. The summed E-state index contributed by atoms with van der Waals surface area (Å²) in [6.45, 7) is 8.48. The molecule has 2 N–H and O–H groups in total. The normalized spacial score (nSPS) is 26.2. The molecule has 0 aliphatic heterocycles. The number of hydrogen-bond donors (Lipinski definition) is 1. The zero-order valence-electron chi connectivity index (χ0n) is 12.9. The fourth-order valence-corrected chi connectivity index (χ4v) is 3.35. The van der Waals surface area contributed by atoms with Crippen LogP contribution >= 0.6 is 0 Å². The Labute approximate surface area is 122 Å². The van der Waals surface area contributed by atoms with Crippen molar-refractivity contribution in [3.63, 3.8) is 0 Å². The Morgan fingerprint density at radius 3 is 2.60 bits per heavy atom. The second-order valence-electron chi connectivity index (χ2n) is 6.41. The number of benzene rings is 1.